The van der Waals surface area contributed by atoms with Crippen molar-refractivity contribution in [3.8, 4) is 0 Å². The average Bonchev–Trinajstić information content (AvgIpc) is 3.69. The second-order valence-electron chi connectivity index (χ2n) is 9.65. The zero-order valence-corrected chi connectivity index (χ0v) is 25.1. The summed E-state index contributed by atoms with van der Waals surface area (Å²) in [4.78, 5) is 10.1. The van der Waals surface area contributed by atoms with Crippen LogP contribution in [0, 0.1) is 40.8 Å². The van der Waals surface area contributed by atoms with Crippen molar-refractivity contribution in [1.82, 2.24) is 15.0 Å². The van der Waals surface area contributed by atoms with E-state index in [-0.39, 0.29) is 40.8 Å². The van der Waals surface area contributed by atoms with Crippen LogP contribution in [-0.4, -0.2) is 15.0 Å². The normalized spacial score (nSPS) is 10.8. The molecule has 0 fully saturated rings. The Bertz CT molecular complexity index is 1800. The van der Waals surface area contributed by atoms with E-state index in [9.17, 15) is 0 Å². The second-order valence-corrected chi connectivity index (χ2v) is 9.65. The molecule has 3 heterocycles. The molecule has 40 heavy (non-hydrogen) atoms. The second kappa shape index (κ2) is 11.7. The molecular formula is C36H27N3Nd. The predicted octanol–water partition coefficient (Wildman–Crippen LogP) is 9.96. The van der Waals surface area contributed by atoms with Gasteiger partial charge in [0.2, 0.25) is 0 Å². The molecule has 0 saturated heterocycles. The van der Waals surface area contributed by atoms with Crippen LogP contribution in [0.2, 0.25) is 0 Å². The Labute approximate surface area is 264 Å². The molecule has 6 aromatic carbocycles. The van der Waals surface area contributed by atoms with Crippen LogP contribution in [0.25, 0.3) is 65.4 Å². The molecule has 0 aliphatic carbocycles. The van der Waals surface area contributed by atoms with Gasteiger partial charge in [-0.25, -0.2) is 0 Å². The minimum Gasteiger partial charge on any atom is -0.355 e. The summed E-state index contributed by atoms with van der Waals surface area (Å²) < 4.78 is 0. The third kappa shape index (κ3) is 5.03. The molecule has 0 bridgehead atoms. The van der Waals surface area contributed by atoms with Gasteiger partial charge in [-0.05, 0) is 36.4 Å². The minimum atomic E-state index is 0. The first-order chi connectivity index (χ1) is 19.3. The first-order valence-corrected chi connectivity index (χ1v) is 13.2. The smallest absolute Gasteiger partial charge is 0.0464 e. The molecule has 9 aromatic rings. The van der Waals surface area contributed by atoms with Gasteiger partial charge in [-0.15, -0.1) is 0 Å². The molecule has 9 rings (SSSR count). The molecule has 0 aliphatic rings. The summed E-state index contributed by atoms with van der Waals surface area (Å²) in [6, 6.07) is 50.3. The van der Waals surface area contributed by atoms with Crippen LogP contribution < -0.4 is 0 Å². The van der Waals surface area contributed by atoms with Gasteiger partial charge in [0.1, 0.15) is 0 Å². The Kier molecular flexibility index (Phi) is 7.67. The Morgan fingerprint density at radius 3 is 0.550 bits per heavy atom. The summed E-state index contributed by atoms with van der Waals surface area (Å²) >= 11 is 0. The van der Waals surface area contributed by atoms with Crippen LogP contribution in [0.15, 0.2) is 146 Å². The number of para-hydroxylation sites is 6. The fourth-order valence-electron chi connectivity index (χ4n) is 5.40. The molecule has 3 aromatic heterocycles. The number of aromatic nitrogens is 3. The largest absolute Gasteiger partial charge is 0.355 e. The van der Waals surface area contributed by atoms with Crippen molar-refractivity contribution in [2.75, 3.05) is 0 Å². The Morgan fingerprint density at radius 1 is 0.225 bits per heavy atom. The van der Waals surface area contributed by atoms with Crippen molar-refractivity contribution < 1.29 is 40.8 Å². The average molecular weight is 646 g/mol. The third-order valence-corrected chi connectivity index (χ3v) is 7.24. The summed E-state index contributed by atoms with van der Waals surface area (Å²) in [5.74, 6) is 0. The van der Waals surface area contributed by atoms with Gasteiger partial charge >= 0.3 is 0 Å². The number of hydrogen-bond acceptors (Lipinski definition) is 0. The first kappa shape index (κ1) is 26.3. The molecule has 0 aliphatic heterocycles. The summed E-state index contributed by atoms with van der Waals surface area (Å²) in [5, 5.41) is 7.82. The number of benzene rings is 6. The molecule has 190 valence electrons. The maximum atomic E-state index is 3.38. The standard InChI is InChI=1S/3C12H9N.Nd/c3*1-3-7-11-9(5-1)10-6-2-4-8-12(10)13-11;/h3*1-8,13H;. The summed E-state index contributed by atoms with van der Waals surface area (Å²) in [6.07, 6.45) is 0. The minimum absolute atomic E-state index is 0. The van der Waals surface area contributed by atoms with E-state index in [1.165, 1.54) is 65.4 Å². The molecule has 4 heteroatoms. The van der Waals surface area contributed by atoms with Crippen LogP contribution in [0.4, 0.5) is 0 Å². The van der Waals surface area contributed by atoms with Gasteiger partial charge in [0.25, 0.3) is 0 Å². The predicted molar refractivity (Wildman–Crippen MR) is 167 cm³/mol. The van der Waals surface area contributed by atoms with Crippen molar-refractivity contribution in [3.05, 3.63) is 146 Å². The molecule has 0 saturated carbocycles. The Morgan fingerprint density at radius 2 is 0.375 bits per heavy atom. The van der Waals surface area contributed by atoms with Crippen LogP contribution in [0.3, 0.4) is 0 Å². The monoisotopic (exact) mass is 643 g/mol. The number of H-pyrrole nitrogens is 3. The molecule has 0 radical (unpaired) electrons. The Balaban J connectivity index is 0.000000107. The molecule has 0 amide bonds. The number of nitrogens with one attached hydrogen (secondary N) is 3. The molecular weight excluding hydrogens is 619 g/mol. The molecule has 3 nitrogen and oxygen atoms in total. The quantitative estimate of drug-likeness (QED) is 0.147. The topological polar surface area (TPSA) is 47.4 Å². The van der Waals surface area contributed by atoms with Gasteiger partial charge in [0, 0.05) is 106 Å². The van der Waals surface area contributed by atoms with Crippen molar-refractivity contribution >= 4 is 65.4 Å². The fraction of sp³-hybridized carbons (Fsp3) is 0. The fourth-order valence-corrected chi connectivity index (χ4v) is 5.40. The molecule has 0 atom stereocenters. The van der Waals surface area contributed by atoms with E-state index in [1.54, 1.807) is 0 Å². The van der Waals surface area contributed by atoms with E-state index in [2.05, 4.69) is 161 Å². The van der Waals surface area contributed by atoms with E-state index in [4.69, 9.17) is 0 Å². The SMILES string of the molecule is [Nd].c1ccc2c(c1)[nH]c1ccccc12.c1ccc2c(c1)[nH]c1ccccc12.c1ccc2c(c1)[nH]c1ccccc12. The van der Waals surface area contributed by atoms with E-state index in [0.29, 0.717) is 0 Å². The van der Waals surface area contributed by atoms with Gasteiger partial charge in [0.15, 0.2) is 0 Å². The van der Waals surface area contributed by atoms with E-state index in [1.807, 2.05) is 0 Å². The van der Waals surface area contributed by atoms with Crippen LogP contribution in [-0.2, 0) is 0 Å². The number of hydrogen-bond donors (Lipinski definition) is 3. The van der Waals surface area contributed by atoms with E-state index >= 15 is 0 Å². The van der Waals surface area contributed by atoms with Gasteiger partial charge in [-0.3, -0.25) is 0 Å². The summed E-state index contributed by atoms with van der Waals surface area (Å²) in [7, 11) is 0. The molecule has 0 spiro atoms. The van der Waals surface area contributed by atoms with Crippen molar-refractivity contribution in [2.24, 2.45) is 0 Å². The van der Waals surface area contributed by atoms with Crippen LogP contribution in [0.1, 0.15) is 0 Å². The zero-order chi connectivity index (χ0) is 26.0. The molecule has 3 N–H and O–H groups in total. The van der Waals surface area contributed by atoms with Crippen molar-refractivity contribution in [3.63, 3.8) is 0 Å². The first-order valence-electron chi connectivity index (χ1n) is 13.2. The summed E-state index contributed by atoms with van der Waals surface area (Å²) in [5.41, 5.74) is 7.27. The number of aromatic amines is 3. The van der Waals surface area contributed by atoms with E-state index in [0.717, 1.165) is 0 Å². The zero-order valence-electron chi connectivity index (χ0n) is 21.9. The van der Waals surface area contributed by atoms with Gasteiger partial charge in [-0.2, -0.15) is 0 Å². The van der Waals surface area contributed by atoms with Gasteiger partial charge in [0.05, 0.1) is 0 Å². The Hall–Kier alpha value is -3.93. The van der Waals surface area contributed by atoms with Crippen molar-refractivity contribution in [1.29, 1.82) is 0 Å². The maximum absolute atomic E-state index is 3.38. The van der Waals surface area contributed by atoms with Crippen LogP contribution in [0.5, 0.6) is 0 Å². The van der Waals surface area contributed by atoms with E-state index < -0.39 is 0 Å². The van der Waals surface area contributed by atoms with Gasteiger partial charge in [-0.1, -0.05) is 109 Å². The number of fused-ring (bicyclic) bond motifs is 9. The molecule has 0 unspecified atom stereocenters. The van der Waals surface area contributed by atoms with Crippen LogP contribution >= 0.6 is 0 Å². The van der Waals surface area contributed by atoms with Crippen molar-refractivity contribution in [2.45, 2.75) is 0 Å². The van der Waals surface area contributed by atoms with Gasteiger partial charge < -0.3 is 15.0 Å². The number of rotatable bonds is 0. The third-order valence-electron chi connectivity index (χ3n) is 7.24. The summed E-state index contributed by atoms with van der Waals surface area (Å²) in [6.45, 7) is 0. The maximum Gasteiger partial charge on any atom is 0.0464 e.